The van der Waals surface area contributed by atoms with Crippen molar-refractivity contribution in [1.82, 2.24) is 4.90 Å². The summed E-state index contributed by atoms with van der Waals surface area (Å²) < 4.78 is 6.76. The van der Waals surface area contributed by atoms with Gasteiger partial charge in [0.05, 0.1) is 6.61 Å². The molecule has 17 heavy (non-hydrogen) atoms. The molecule has 94 valence electrons. The molecular formula is C13H19IN2O. The molecule has 2 rings (SSSR count). The van der Waals surface area contributed by atoms with Gasteiger partial charge >= 0.3 is 0 Å². The highest BCUT2D eigenvalue weighted by atomic mass is 127. The van der Waals surface area contributed by atoms with Crippen LogP contribution in [0.4, 0.5) is 0 Å². The highest BCUT2D eigenvalue weighted by Gasteiger charge is 2.20. The van der Waals surface area contributed by atoms with Gasteiger partial charge in [0.1, 0.15) is 0 Å². The Labute approximate surface area is 116 Å². The van der Waals surface area contributed by atoms with Crippen molar-refractivity contribution in [2.24, 2.45) is 5.73 Å². The highest BCUT2D eigenvalue weighted by molar-refractivity contribution is 14.1. The smallest absolute Gasteiger partial charge is 0.0593 e. The fourth-order valence-electron chi connectivity index (χ4n) is 2.29. The normalized spacial score (nSPS) is 19.9. The molecule has 0 bridgehead atoms. The summed E-state index contributed by atoms with van der Waals surface area (Å²) in [5, 5.41) is 0. The van der Waals surface area contributed by atoms with Crippen LogP contribution >= 0.6 is 22.6 Å². The summed E-state index contributed by atoms with van der Waals surface area (Å²) in [5.74, 6) is 0. The summed E-state index contributed by atoms with van der Waals surface area (Å²) in [6, 6.07) is 8.94. The molecular weight excluding hydrogens is 327 g/mol. The van der Waals surface area contributed by atoms with E-state index in [9.17, 15) is 0 Å². The van der Waals surface area contributed by atoms with E-state index in [0.717, 1.165) is 32.7 Å². The molecule has 1 saturated heterocycles. The van der Waals surface area contributed by atoms with Gasteiger partial charge in [-0.15, -0.1) is 0 Å². The number of nitrogens with two attached hydrogens (primary N) is 1. The molecule has 2 N–H and O–H groups in total. The van der Waals surface area contributed by atoms with Crippen molar-refractivity contribution in [3.05, 3.63) is 33.4 Å². The summed E-state index contributed by atoms with van der Waals surface area (Å²) in [6.07, 6.45) is 1.10. The summed E-state index contributed by atoms with van der Waals surface area (Å²) in [6.45, 7) is 4.42. The van der Waals surface area contributed by atoms with Crippen LogP contribution in [0.3, 0.4) is 0 Å². The van der Waals surface area contributed by atoms with Gasteiger partial charge in [-0.3, -0.25) is 4.90 Å². The first-order valence-corrected chi connectivity index (χ1v) is 7.16. The van der Waals surface area contributed by atoms with Crippen molar-refractivity contribution < 1.29 is 4.74 Å². The van der Waals surface area contributed by atoms with Crippen LogP contribution in [0, 0.1) is 3.57 Å². The lowest BCUT2D eigenvalue weighted by atomic mass is 10.1. The maximum atomic E-state index is 5.95. The zero-order chi connectivity index (χ0) is 12.1. The van der Waals surface area contributed by atoms with Crippen LogP contribution in [0.2, 0.25) is 0 Å². The zero-order valence-electron chi connectivity index (χ0n) is 9.94. The van der Waals surface area contributed by atoms with Gasteiger partial charge in [0.2, 0.25) is 0 Å². The van der Waals surface area contributed by atoms with E-state index in [1.807, 2.05) is 0 Å². The maximum absolute atomic E-state index is 5.95. The van der Waals surface area contributed by atoms with Gasteiger partial charge in [-0.25, -0.2) is 0 Å². The minimum absolute atomic E-state index is 0.325. The van der Waals surface area contributed by atoms with Crippen molar-refractivity contribution >= 4 is 22.6 Å². The van der Waals surface area contributed by atoms with Crippen LogP contribution in [-0.4, -0.2) is 37.7 Å². The quantitative estimate of drug-likeness (QED) is 0.851. The second-order valence-electron chi connectivity index (χ2n) is 4.31. The van der Waals surface area contributed by atoms with Gasteiger partial charge in [-0.2, -0.15) is 0 Å². The average Bonchev–Trinajstić information content (AvgIpc) is 2.59. The van der Waals surface area contributed by atoms with Gasteiger partial charge in [0, 0.05) is 35.9 Å². The molecule has 1 aliphatic rings. The van der Waals surface area contributed by atoms with E-state index in [1.165, 1.54) is 9.13 Å². The van der Waals surface area contributed by atoms with E-state index >= 15 is 0 Å². The summed E-state index contributed by atoms with van der Waals surface area (Å²) in [4.78, 5) is 2.44. The molecule has 3 nitrogen and oxygen atoms in total. The molecule has 1 fully saturated rings. The van der Waals surface area contributed by atoms with Gasteiger partial charge in [-0.1, -0.05) is 12.1 Å². The first kappa shape index (κ1) is 13.3. The fourth-order valence-corrected chi connectivity index (χ4v) is 2.85. The first-order valence-electron chi connectivity index (χ1n) is 6.08. The Bertz CT molecular complexity index is 351. The summed E-state index contributed by atoms with van der Waals surface area (Å²) >= 11 is 2.35. The number of hydrogen-bond acceptors (Lipinski definition) is 3. The van der Waals surface area contributed by atoms with Crippen molar-refractivity contribution in [2.45, 2.75) is 12.5 Å². The number of nitrogens with zero attached hydrogens (tertiary/aromatic N) is 1. The molecule has 1 unspecified atom stereocenters. The monoisotopic (exact) mass is 346 g/mol. The van der Waals surface area contributed by atoms with Crippen LogP contribution in [0.1, 0.15) is 18.0 Å². The standard InChI is InChI=1S/C13H19IN2O/c14-12-4-1-3-11(9-12)13(10-15)16-5-2-7-17-8-6-16/h1,3-4,9,13H,2,5-8,10,15H2. The third-order valence-corrected chi connectivity index (χ3v) is 3.83. The van der Waals surface area contributed by atoms with Crippen molar-refractivity contribution in [3.8, 4) is 0 Å². The van der Waals surface area contributed by atoms with Crippen molar-refractivity contribution in [1.29, 1.82) is 0 Å². The van der Waals surface area contributed by atoms with Crippen LogP contribution in [0.25, 0.3) is 0 Å². The maximum Gasteiger partial charge on any atom is 0.0593 e. The Morgan fingerprint density at radius 1 is 1.35 bits per heavy atom. The summed E-state index contributed by atoms with van der Waals surface area (Å²) in [7, 11) is 0. The van der Waals surface area contributed by atoms with Gasteiger partial charge in [0.25, 0.3) is 0 Å². The fraction of sp³-hybridized carbons (Fsp3) is 0.538. The Kier molecular flexibility index (Phi) is 5.21. The molecule has 1 atom stereocenters. The number of ether oxygens (including phenoxy) is 1. The van der Waals surface area contributed by atoms with E-state index < -0.39 is 0 Å². The molecule has 0 saturated carbocycles. The van der Waals surface area contributed by atoms with E-state index in [-0.39, 0.29) is 0 Å². The summed E-state index contributed by atoms with van der Waals surface area (Å²) in [5.41, 5.74) is 7.27. The molecule has 0 amide bonds. The molecule has 0 radical (unpaired) electrons. The molecule has 1 aliphatic heterocycles. The minimum atomic E-state index is 0.325. The van der Waals surface area contributed by atoms with Crippen LogP contribution in [-0.2, 0) is 4.74 Å². The third-order valence-electron chi connectivity index (χ3n) is 3.15. The van der Waals surface area contributed by atoms with E-state index in [1.54, 1.807) is 0 Å². The number of hydrogen-bond donors (Lipinski definition) is 1. The van der Waals surface area contributed by atoms with Crippen LogP contribution < -0.4 is 5.73 Å². The SMILES string of the molecule is NCC(c1cccc(I)c1)N1CCCOCC1. The molecule has 0 aliphatic carbocycles. The lowest BCUT2D eigenvalue weighted by Gasteiger charge is -2.29. The highest BCUT2D eigenvalue weighted by Crippen LogP contribution is 2.22. The van der Waals surface area contributed by atoms with E-state index in [4.69, 9.17) is 10.5 Å². The molecule has 4 heteroatoms. The van der Waals surface area contributed by atoms with Gasteiger partial charge in [0.15, 0.2) is 0 Å². The zero-order valence-corrected chi connectivity index (χ0v) is 12.1. The Hall–Kier alpha value is -0.170. The molecule has 0 aromatic heterocycles. The van der Waals surface area contributed by atoms with E-state index in [0.29, 0.717) is 12.6 Å². The molecule has 1 aromatic rings. The predicted molar refractivity (Wildman–Crippen MR) is 78.0 cm³/mol. The number of benzene rings is 1. The van der Waals surface area contributed by atoms with Crippen LogP contribution in [0.5, 0.6) is 0 Å². The Balaban J connectivity index is 2.14. The van der Waals surface area contributed by atoms with E-state index in [2.05, 4.69) is 51.8 Å². The Morgan fingerprint density at radius 2 is 2.24 bits per heavy atom. The first-order chi connectivity index (χ1) is 8.31. The van der Waals surface area contributed by atoms with Crippen molar-refractivity contribution in [2.75, 3.05) is 32.8 Å². The van der Waals surface area contributed by atoms with Gasteiger partial charge in [-0.05, 0) is 46.7 Å². The molecule has 0 spiro atoms. The molecule has 1 aromatic carbocycles. The number of halogens is 1. The topological polar surface area (TPSA) is 38.5 Å². The van der Waals surface area contributed by atoms with Gasteiger partial charge < -0.3 is 10.5 Å². The Morgan fingerprint density at radius 3 is 3.00 bits per heavy atom. The van der Waals surface area contributed by atoms with Crippen molar-refractivity contribution in [3.63, 3.8) is 0 Å². The lowest BCUT2D eigenvalue weighted by Crippen LogP contribution is -2.35. The second-order valence-corrected chi connectivity index (χ2v) is 5.55. The lowest BCUT2D eigenvalue weighted by molar-refractivity contribution is 0.132. The third kappa shape index (κ3) is 3.64. The molecule has 1 heterocycles. The predicted octanol–water partition coefficient (Wildman–Crippen LogP) is 2.01. The van der Waals surface area contributed by atoms with Crippen LogP contribution in [0.15, 0.2) is 24.3 Å². The number of rotatable bonds is 3. The average molecular weight is 346 g/mol. The minimum Gasteiger partial charge on any atom is -0.380 e. The second kappa shape index (κ2) is 6.68. The largest absolute Gasteiger partial charge is 0.380 e.